The first-order valence-corrected chi connectivity index (χ1v) is 10.8. The van der Waals surface area contributed by atoms with Crippen LogP contribution in [0.3, 0.4) is 0 Å². The Labute approximate surface area is 169 Å². The number of thiophene rings is 1. The van der Waals surface area contributed by atoms with Gasteiger partial charge in [0.25, 0.3) is 0 Å². The normalized spacial score (nSPS) is 12.4. The summed E-state index contributed by atoms with van der Waals surface area (Å²) >= 11 is 0.135. The molecular weight excluding hydrogens is 392 g/mol. The molecule has 4 aromatic rings. The number of methoxy groups -OCH3 is 1. The minimum absolute atomic E-state index is 0.398. The minimum Gasteiger partial charge on any atom is -0.611 e. The number of ether oxygens (including phenoxy) is 1. The second kappa shape index (κ2) is 8.24. The zero-order chi connectivity index (χ0) is 19.5. The maximum absolute atomic E-state index is 12.7. The van der Waals surface area contributed by atoms with E-state index in [0.29, 0.717) is 22.3 Å². The van der Waals surface area contributed by atoms with Gasteiger partial charge in [0.1, 0.15) is 16.3 Å². The van der Waals surface area contributed by atoms with Gasteiger partial charge in [0.15, 0.2) is 0 Å². The van der Waals surface area contributed by atoms with Crippen molar-refractivity contribution in [3.05, 3.63) is 54.9 Å². The molecule has 0 aliphatic carbocycles. The molecule has 1 aromatic carbocycles. The highest BCUT2D eigenvalue weighted by Crippen LogP contribution is 2.43. The summed E-state index contributed by atoms with van der Waals surface area (Å²) < 4.78 is 18.4. The minimum atomic E-state index is -1.24. The van der Waals surface area contributed by atoms with Gasteiger partial charge in [0, 0.05) is 29.2 Å². The molecule has 0 aliphatic heterocycles. The van der Waals surface area contributed by atoms with Crippen LogP contribution in [-0.4, -0.2) is 39.2 Å². The number of benzene rings is 1. The summed E-state index contributed by atoms with van der Waals surface area (Å²) in [5.41, 5.74) is 10.6. The smallest absolute Gasteiger partial charge is 0.232 e. The lowest BCUT2D eigenvalue weighted by atomic mass is 10.0. The second-order valence-corrected chi connectivity index (χ2v) is 8.84. The van der Waals surface area contributed by atoms with E-state index in [-0.39, 0.29) is 0 Å². The molecule has 0 saturated heterocycles. The topological polar surface area (TPSA) is 97.0 Å². The van der Waals surface area contributed by atoms with Gasteiger partial charge in [-0.15, -0.1) is 0 Å². The molecule has 1 unspecified atom stereocenters. The molecule has 2 N–H and O–H groups in total. The van der Waals surface area contributed by atoms with Gasteiger partial charge in [-0.3, -0.25) is 0 Å². The van der Waals surface area contributed by atoms with Crippen molar-refractivity contribution < 1.29 is 9.29 Å². The molecule has 0 spiro atoms. The van der Waals surface area contributed by atoms with Crippen LogP contribution in [0.4, 0.5) is 5.69 Å². The van der Waals surface area contributed by atoms with E-state index in [9.17, 15) is 4.55 Å². The number of nitrogens with zero attached hydrogens (tertiary/aromatic N) is 3. The van der Waals surface area contributed by atoms with E-state index in [0.717, 1.165) is 32.6 Å². The fraction of sp³-hybridized carbons (Fsp3) is 0.150. The third-order valence-electron chi connectivity index (χ3n) is 4.31. The molecule has 8 heteroatoms. The Morgan fingerprint density at radius 2 is 1.96 bits per heavy atom. The summed E-state index contributed by atoms with van der Waals surface area (Å²) in [4.78, 5) is 5.54. The number of anilines is 1. The maximum Gasteiger partial charge on any atom is 0.232 e. The number of nitrogens with two attached hydrogens (primary N) is 1. The van der Waals surface area contributed by atoms with Crippen molar-refractivity contribution >= 4 is 38.4 Å². The van der Waals surface area contributed by atoms with Gasteiger partial charge < -0.3 is 15.0 Å². The zero-order valence-electron chi connectivity index (χ0n) is 15.2. The molecule has 0 fully saturated rings. The first-order chi connectivity index (χ1) is 13.7. The molecule has 28 heavy (non-hydrogen) atoms. The highest BCUT2D eigenvalue weighted by molar-refractivity contribution is 7.93. The van der Waals surface area contributed by atoms with Crippen molar-refractivity contribution in [3.63, 3.8) is 0 Å². The number of fused-ring (bicyclic) bond motifs is 1. The highest BCUT2D eigenvalue weighted by atomic mass is 32.2. The molecule has 0 amide bonds. The van der Waals surface area contributed by atoms with E-state index in [1.54, 1.807) is 19.5 Å². The van der Waals surface area contributed by atoms with E-state index in [2.05, 4.69) is 10.2 Å². The van der Waals surface area contributed by atoms with Crippen LogP contribution >= 0.6 is 11.3 Å². The fourth-order valence-corrected chi connectivity index (χ4v) is 5.52. The van der Waals surface area contributed by atoms with E-state index in [1.807, 2.05) is 42.5 Å². The summed E-state index contributed by atoms with van der Waals surface area (Å²) in [6.45, 7) is 0.410. The van der Waals surface area contributed by atoms with Crippen molar-refractivity contribution in [1.82, 2.24) is 15.2 Å². The Hall–Kier alpha value is -2.52. The predicted octanol–water partition coefficient (Wildman–Crippen LogP) is 3.76. The van der Waals surface area contributed by atoms with Crippen molar-refractivity contribution in [1.29, 1.82) is 0 Å². The van der Waals surface area contributed by atoms with Gasteiger partial charge in [-0.2, -0.15) is 10.2 Å². The Morgan fingerprint density at radius 3 is 2.68 bits per heavy atom. The number of hydrogen-bond acceptors (Lipinski definition) is 7. The van der Waals surface area contributed by atoms with Crippen LogP contribution < -0.4 is 5.73 Å². The van der Waals surface area contributed by atoms with E-state index >= 15 is 0 Å². The van der Waals surface area contributed by atoms with Crippen LogP contribution in [0.2, 0.25) is 0 Å². The SMILES string of the molecule is COCC[S+]([O-])c1sc2nc(-c3ccnnc3)cc(-c3ccccc3)c2c1N. The summed E-state index contributed by atoms with van der Waals surface area (Å²) in [6, 6.07) is 13.9. The van der Waals surface area contributed by atoms with Crippen LogP contribution in [0, 0.1) is 0 Å². The first-order valence-electron chi connectivity index (χ1n) is 8.62. The third-order valence-corrected chi connectivity index (χ3v) is 7.18. The average Bonchev–Trinajstić information content (AvgIpc) is 3.09. The van der Waals surface area contributed by atoms with Crippen LogP contribution in [-0.2, 0) is 15.9 Å². The highest BCUT2D eigenvalue weighted by Gasteiger charge is 2.24. The standard InChI is InChI=1S/C20H18N4O2S2/c1-26-9-10-28(25)20-18(21)17-15(13-5-3-2-4-6-13)11-16(24-19(17)27-20)14-7-8-22-23-12-14/h2-8,11-12H,9-10,21H2,1H3. The lowest BCUT2D eigenvalue weighted by molar-refractivity contribution is 0.217. The largest absolute Gasteiger partial charge is 0.611 e. The number of nitrogen functional groups attached to an aromatic ring is 1. The molecule has 3 heterocycles. The molecule has 0 radical (unpaired) electrons. The lowest BCUT2D eigenvalue weighted by Gasteiger charge is -2.09. The Morgan fingerprint density at radius 1 is 1.14 bits per heavy atom. The molecular formula is C20H18N4O2S2. The lowest BCUT2D eigenvalue weighted by Crippen LogP contribution is -2.11. The van der Waals surface area contributed by atoms with Gasteiger partial charge in [-0.1, -0.05) is 41.7 Å². The van der Waals surface area contributed by atoms with Crippen LogP contribution in [0.15, 0.2) is 59.1 Å². The van der Waals surface area contributed by atoms with E-state index < -0.39 is 11.2 Å². The van der Waals surface area contributed by atoms with Gasteiger partial charge in [0.05, 0.1) is 24.7 Å². The fourth-order valence-electron chi connectivity index (χ4n) is 2.96. The van der Waals surface area contributed by atoms with Crippen molar-refractivity contribution in [3.8, 4) is 22.4 Å². The first kappa shape index (κ1) is 18.8. The molecule has 4 rings (SSSR count). The third kappa shape index (κ3) is 3.59. The molecule has 0 aliphatic rings. The molecule has 142 valence electrons. The zero-order valence-corrected chi connectivity index (χ0v) is 16.8. The van der Waals surface area contributed by atoms with E-state index in [4.69, 9.17) is 15.5 Å². The van der Waals surface area contributed by atoms with Gasteiger partial charge in [-0.05, 0) is 23.3 Å². The molecule has 6 nitrogen and oxygen atoms in total. The second-order valence-electron chi connectivity index (χ2n) is 6.08. The number of pyridine rings is 1. The van der Waals surface area contributed by atoms with Crippen molar-refractivity contribution in [2.75, 3.05) is 25.2 Å². The molecule has 1 atom stereocenters. The maximum atomic E-state index is 12.7. The Bertz CT molecular complexity index is 1090. The summed E-state index contributed by atoms with van der Waals surface area (Å²) in [6.07, 6.45) is 3.31. The predicted molar refractivity (Wildman–Crippen MR) is 114 cm³/mol. The monoisotopic (exact) mass is 410 g/mol. The Kier molecular flexibility index (Phi) is 5.54. The number of hydrogen-bond donors (Lipinski definition) is 1. The van der Waals surface area contributed by atoms with Crippen LogP contribution in [0.5, 0.6) is 0 Å². The quantitative estimate of drug-likeness (QED) is 0.486. The summed E-state index contributed by atoms with van der Waals surface area (Å²) in [5, 5.41) is 8.63. The van der Waals surface area contributed by atoms with E-state index in [1.165, 1.54) is 11.3 Å². The molecule has 0 bridgehead atoms. The van der Waals surface area contributed by atoms with Crippen LogP contribution in [0.1, 0.15) is 0 Å². The molecule has 0 saturated carbocycles. The number of aromatic nitrogens is 3. The summed E-state index contributed by atoms with van der Waals surface area (Å²) in [7, 11) is 1.59. The van der Waals surface area contributed by atoms with Crippen molar-refractivity contribution in [2.45, 2.75) is 4.21 Å². The van der Waals surface area contributed by atoms with Gasteiger partial charge in [0.2, 0.25) is 4.21 Å². The Balaban J connectivity index is 1.94. The number of rotatable bonds is 6. The van der Waals surface area contributed by atoms with Crippen LogP contribution in [0.25, 0.3) is 32.6 Å². The average molecular weight is 411 g/mol. The van der Waals surface area contributed by atoms with Gasteiger partial charge >= 0.3 is 0 Å². The van der Waals surface area contributed by atoms with Gasteiger partial charge in [-0.25, -0.2) is 4.98 Å². The summed E-state index contributed by atoms with van der Waals surface area (Å²) in [5.74, 6) is 0.398. The molecule has 3 aromatic heterocycles. The van der Waals surface area contributed by atoms with Crippen molar-refractivity contribution in [2.24, 2.45) is 0 Å².